The normalized spacial score (nSPS) is 27.0. The van der Waals surface area contributed by atoms with Crippen molar-refractivity contribution < 1.29 is 9.53 Å². The zero-order valence-electron chi connectivity index (χ0n) is 12.5. The number of rotatable bonds is 4. The van der Waals surface area contributed by atoms with Crippen LogP contribution in [0.25, 0.3) is 0 Å². The molecule has 5 nitrogen and oxygen atoms in total. The molecule has 2 saturated heterocycles. The number of nitrogens with zero attached hydrogens (tertiary/aromatic N) is 1. The van der Waals surface area contributed by atoms with Gasteiger partial charge in [0.2, 0.25) is 0 Å². The van der Waals surface area contributed by atoms with Crippen LogP contribution in [0.1, 0.15) is 32.6 Å². The third-order valence-electron chi connectivity index (χ3n) is 4.14. The van der Waals surface area contributed by atoms with E-state index >= 15 is 0 Å². The lowest BCUT2D eigenvalue weighted by Gasteiger charge is -2.30. The van der Waals surface area contributed by atoms with Crippen LogP contribution >= 0.6 is 24.8 Å². The van der Waals surface area contributed by atoms with E-state index in [4.69, 9.17) is 4.74 Å². The minimum Gasteiger partial charge on any atom is -0.479 e. The molecule has 2 fully saturated rings. The number of halogens is 2. The molecule has 0 spiro atoms. The second kappa shape index (κ2) is 8.56. The molecule has 1 amide bonds. The zero-order valence-corrected chi connectivity index (χ0v) is 14.2. The van der Waals surface area contributed by atoms with E-state index in [2.05, 4.69) is 15.6 Å². The number of fused-ring (bicyclic) bond motifs is 2. The van der Waals surface area contributed by atoms with E-state index in [0.29, 0.717) is 17.8 Å². The number of nitrogens with one attached hydrogen (secondary N) is 2. The van der Waals surface area contributed by atoms with Crippen molar-refractivity contribution in [1.82, 2.24) is 15.6 Å². The number of hydrogen-bond acceptors (Lipinski definition) is 4. The number of piperidine rings is 1. The van der Waals surface area contributed by atoms with Crippen LogP contribution in [0.5, 0.6) is 5.75 Å². The Morgan fingerprint density at radius 3 is 2.64 bits per heavy atom. The number of pyridine rings is 1. The minimum atomic E-state index is -0.494. The SMILES string of the molecule is CC(Oc1cccnc1)C(=O)NC1CC2CCC(C1)N2.Cl.Cl. The van der Waals surface area contributed by atoms with Crippen molar-refractivity contribution in [2.45, 2.75) is 56.8 Å². The average molecular weight is 348 g/mol. The second-order valence-corrected chi connectivity index (χ2v) is 5.76. The molecular weight excluding hydrogens is 325 g/mol. The molecule has 0 aliphatic carbocycles. The van der Waals surface area contributed by atoms with Gasteiger partial charge < -0.3 is 15.4 Å². The highest BCUT2D eigenvalue weighted by molar-refractivity contribution is 5.85. The van der Waals surface area contributed by atoms with Gasteiger partial charge in [-0.15, -0.1) is 24.8 Å². The minimum absolute atomic E-state index is 0. The third-order valence-corrected chi connectivity index (χ3v) is 4.14. The van der Waals surface area contributed by atoms with Crippen LogP contribution in [0.3, 0.4) is 0 Å². The van der Waals surface area contributed by atoms with Crippen molar-refractivity contribution in [3.63, 3.8) is 0 Å². The Bertz CT molecular complexity index is 463. The fraction of sp³-hybridized carbons (Fsp3) is 0.600. The summed E-state index contributed by atoms with van der Waals surface area (Å²) < 4.78 is 5.60. The summed E-state index contributed by atoms with van der Waals surface area (Å²) >= 11 is 0. The molecule has 0 radical (unpaired) electrons. The molecule has 3 atom stereocenters. The van der Waals surface area contributed by atoms with Gasteiger partial charge in [-0.2, -0.15) is 0 Å². The first-order valence-corrected chi connectivity index (χ1v) is 7.34. The van der Waals surface area contributed by atoms with Gasteiger partial charge in [-0.1, -0.05) is 0 Å². The van der Waals surface area contributed by atoms with E-state index in [-0.39, 0.29) is 36.8 Å². The van der Waals surface area contributed by atoms with E-state index in [1.165, 1.54) is 12.8 Å². The monoisotopic (exact) mass is 347 g/mol. The molecule has 3 unspecified atom stereocenters. The van der Waals surface area contributed by atoms with Crippen molar-refractivity contribution >= 4 is 30.7 Å². The van der Waals surface area contributed by atoms with Crippen LogP contribution in [0.2, 0.25) is 0 Å². The summed E-state index contributed by atoms with van der Waals surface area (Å²) in [6.07, 6.45) is 7.34. The summed E-state index contributed by atoms with van der Waals surface area (Å²) in [5.41, 5.74) is 0. The van der Waals surface area contributed by atoms with Gasteiger partial charge in [0, 0.05) is 24.3 Å². The summed E-state index contributed by atoms with van der Waals surface area (Å²) in [5.74, 6) is 0.584. The van der Waals surface area contributed by atoms with Crippen LogP contribution < -0.4 is 15.4 Å². The number of hydrogen-bond donors (Lipinski definition) is 2. The largest absolute Gasteiger partial charge is 0.479 e. The highest BCUT2D eigenvalue weighted by atomic mass is 35.5. The van der Waals surface area contributed by atoms with Crippen LogP contribution in [-0.4, -0.2) is 35.1 Å². The Morgan fingerprint density at radius 1 is 1.36 bits per heavy atom. The fourth-order valence-corrected chi connectivity index (χ4v) is 3.17. The summed E-state index contributed by atoms with van der Waals surface area (Å²) in [7, 11) is 0. The first-order valence-electron chi connectivity index (χ1n) is 7.34. The molecular formula is C15H23Cl2N3O2. The Labute approximate surface area is 143 Å². The number of aromatic nitrogens is 1. The quantitative estimate of drug-likeness (QED) is 0.875. The van der Waals surface area contributed by atoms with Crippen LogP contribution in [0.15, 0.2) is 24.5 Å². The number of carbonyl (C=O) groups excluding carboxylic acids is 1. The number of ether oxygens (including phenoxy) is 1. The van der Waals surface area contributed by atoms with Gasteiger partial charge in [-0.05, 0) is 44.7 Å². The molecule has 7 heteroatoms. The topological polar surface area (TPSA) is 63.2 Å². The van der Waals surface area contributed by atoms with Crippen LogP contribution in [0.4, 0.5) is 0 Å². The first kappa shape index (κ1) is 19.0. The van der Waals surface area contributed by atoms with Gasteiger partial charge in [-0.25, -0.2) is 0 Å². The predicted molar refractivity (Wildman–Crippen MR) is 89.9 cm³/mol. The lowest BCUT2D eigenvalue weighted by Crippen LogP contribution is -2.50. The van der Waals surface area contributed by atoms with Crippen molar-refractivity contribution in [3.05, 3.63) is 24.5 Å². The molecule has 0 aromatic carbocycles. The molecule has 3 heterocycles. The van der Waals surface area contributed by atoms with Crippen molar-refractivity contribution in [2.75, 3.05) is 0 Å². The lowest BCUT2D eigenvalue weighted by atomic mass is 9.99. The fourth-order valence-electron chi connectivity index (χ4n) is 3.17. The van der Waals surface area contributed by atoms with Gasteiger partial charge >= 0.3 is 0 Å². The smallest absolute Gasteiger partial charge is 0.260 e. The molecule has 2 aliphatic rings. The highest BCUT2D eigenvalue weighted by Crippen LogP contribution is 2.26. The van der Waals surface area contributed by atoms with Crippen molar-refractivity contribution in [3.8, 4) is 5.75 Å². The summed E-state index contributed by atoms with van der Waals surface area (Å²) in [4.78, 5) is 16.1. The van der Waals surface area contributed by atoms with Gasteiger partial charge in [0.1, 0.15) is 5.75 Å². The summed E-state index contributed by atoms with van der Waals surface area (Å²) in [5, 5.41) is 6.69. The molecule has 2 bridgehead atoms. The second-order valence-electron chi connectivity index (χ2n) is 5.76. The van der Waals surface area contributed by atoms with E-state index in [9.17, 15) is 4.79 Å². The molecule has 1 aromatic rings. The summed E-state index contributed by atoms with van der Waals surface area (Å²) in [6, 6.07) is 5.04. The molecule has 124 valence electrons. The van der Waals surface area contributed by atoms with Crippen LogP contribution in [-0.2, 0) is 4.79 Å². The molecule has 0 saturated carbocycles. The number of carbonyl (C=O) groups is 1. The highest BCUT2D eigenvalue weighted by Gasteiger charge is 2.34. The van der Waals surface area contributed by atoms with Gasteiger partial charge in [-0.3, -0.25) is 9.78 Å². The maximum absolute atomic E-state index is 12.2. The Hall–Kier alpha value is -1.04. The Morgan fingerprint density at radius 2 is 2.05 bits per heavy atom. The van der Waals surface area contributed by atoms with Gasteiger partial charge in [0.25, 0.3) is 5.91 Å². The molecule has 3 rings (SSSR count). The van der Waals surface area contributed by atoms with E-state index in [1.54, 1.807) is 25.4 Å². The Balaban J connectivity index is 0.00000121. The first-order chi connectivity index (χ1) is 9.70. The maximum Gasteiger partial charge on any atom is 0.260 e. The zero-order chi connectivity index (χ0) is 13.9. The van der Waals surface area contributed by atoms with E-state index in [1.807, 2.05) is 6.07 Å². The van der Waals surface area contributed by atoms with E-state index < -0.39 is 6.10 Å². The van der Waals surface area contributed by atoms with E-state index in [0.717, 1.165) is 12.8 Å². The average Bonchev–Trinajstić information content (AvgIpc) is 2.79. The lowest BCUT2D eigenvalue weighted by molar-refractivity contribution is -0.128. The standard InChI is InChI=1S/C15H21N3O2.2ClH/c1-10(20-14-3-2-6-16-9-14)15(19)18-13-7-11-4-5-12(8-13)17-11;;/h2-3,6,9-13,17H,4-5,7-8H2,1H3,(H,18,19);2*1H. The number of amides is 1. The molecule has 2 N–H and O–H groups in total. The van der Waals surface area contributed by atoms with Crippen LogP contribution in [0, 0.1) is 0 Å². The molecule has 1 aromatic heterocycles. The Kier molecular flexibility index (Phi) is 7.39. The molecule has 2 aliphatic heterocycles. The third kappa shape index (κ3) is 4.73. The maximum atomic E-state index is 12.2. The summed E-state index contributed by atoms with van der Waals surface area (Å²) in [6.45, 7) is 1.78. The van der Waals surface area contributed by atoms with Crippen molar-refractivity contribution in [1.29, 1.82) is 0 Å². The predicted octanol–water partition coefficient (Wildman–Crippen LogP) is 2.09. The van der Waals surface area contributed by atoms with Crippen molar-refractivity contribution in [2.24, 2.45) is 0 Å². The molecule has 22 heavy (non-hydrogen) atoms. The van der Waals surface area contributed by atoms with Gasteiger partial charge in [0.15, 0.2) is 6.10 Å². The van der Waals surface area contributed by atoms with Gasteiger partial charge in [0.05, 0.1) is 6.20 Å².